The van der Waals surface area contributed by atoms with Crippen molar-refractivity contribution in [1.82, 2.24) is 20.2 Å². The van der Waals surface area contributed by atoms with Crippen molar-refractivity contribution in [2.45, 2.75) is 18.3 Å². The number of nitrogens with zero attached hydrogens (tertiary/aromatic N) is 4. The van der Waals surface area contributed by atoms with Crippen LogP contribution in [0.15, 0.2) is 48.7 Å². The number of halogens is 1. The van der Waals surface area contributed by atoms with Gasteiger partial charge in [0, 0.05) is 36.3 Å². The second kappa shape index (κ2) is 7.32. The molecule has 4 N–H and O–H groups in total. The number of hydrogen-bond donors (Lipinski definition) is 3. The Hall–Kier alpha value is -3.85. The number of rotatable bonds is 4. The molecule has 0 spiro atoms. The number of amides is 1. The molecule has 2 aliphatic heterocycles. The van der Waals surface area contributed by atoms with Crippen LogP contribution in [0.5, 0.6) is 0 Å². The highest BCUT2D eigenvalue weighted by molar-refractivity contribution is 6.00. The Kier molecular flexibility index (Phi) is 4.29. The van der Waals surface area contributed by atoms with Crippen molar-refractivity contribution in [2.24, 2.45) is 17.6 Å². The van der Waals surface area contributed by atoms with E-state index in [1.165, 1.54) is 6.07 Å². The first-order valence-corrected chi connectivity index (χ1v) is 11.9. The Morgan fingerprint density at radius 1 is 1.20 bits per heavy atom. The molecule has 4 heterocycles. The molecule has 1 amide bonds. The van der Waals surface area contributed by atoms with E-state index in [0.717, 1.165) is 47.7 Å². The van der Waals surface area contributed by atoms with Crippen molar-refractivity contribution in [3.05, 3.63) is 65.6 Å². The van der Waals surface area contributed by atoms with Crippen LogP contribution in [0, 0.1) is 17.7 Å². The summed E-state index contributed by atoms with van der Waals surface area (Å²) in [7, 11) is 0. The summed E-state index contributed by atoms with van der Waals surface area (Å²) < 4.78 is 14.7. The van der Waals surface area contributed by atoms with Gasteiger partial charge in [-0.15, -0.1) is 0 Å². The van der Waals surface area contributed by atoms with E-state index in [9.17, 15) is 9.18 Å². The van der Waals surface area contributed by atoms with Crippen molar-refractivity contribution in [3.8, 4) is 11.3 Å². The molecule has 1 aliphatic carbocycles. The van der Waals surface area contributed by atoms with Crippen LogP contribution >= 0.6 is 0 Å². The van der Waals surface area contributed by atoms with Gasteiger partial charge in [-0.3, -0.25) is 9.89 Å². The molecule has 35 heavy (non-hydrogen) atoms. The van der Waals surface area contributed by atoms with Gasteiger partial charge >= 0.3 is 0 Å². The third kappa shape index (κ3) is 2.94. The van der Waals surface area contributed by atoms with Crippen LogP contribution in [0.3, 0.4) is 0 Å². The quantitative estimate of drug-likeness (QED) is 0.424. The first-order valence-electron chi connectivity index (χ1n) is 11.9. The lowest BCUT2D eigenvalue weighted by molar-refractivity contribution is -0.115. The van der Waals surface area contributed by atoms with Gasteiger partial charge in [-0.1, -0.05) is 24.3 Å². The van der Waals surface area contributed by atoms with Crippen molar-refractivity contribution < 1.29 is 9.18 Å². The molecule has 0 bridgehead atoms. The van der Waals surface area contributed by atoms with Gasteiger partial charge < -0.3 is 16.0 Å². The highest BCUT2D eigenvalue weighted by atomic mass is 19.1. The molecule has 4 aromatic rings. The summed E-state index contributed by atoms with van der Waals surface area (Å²) in [5, 5.41) is 10.3. The molecule has 1 saturated carbocycles. The van der Waals surface area contributed by atoms with E-state index in [2.05, 4.69) is 20.4 Å². The monoisotopic (exact) mass is 469 g/mol. The summed E-state index contributed by atoms with van der Waals surface area (Å²) in [6, 6.07) is 12.8. The molecule has 3 aliphatic rings. The molecule has 2 aromatic carbocycles. The summed E-state index contributed by atoms with van der Waals surface area (Å²) in [4.78, 5) is 23.4. The predicted octanol–water partition coefficient (Wildman–Crippen LogP) is 3.01. The Balaban J connectivity index is 1.17. The molecule has 176 valence electrons. The lowest BCUT2D eigenvalue weighted by Crippen LogP contribution is -2.32. The second-order valence-corrected chi connectivity index (χ2v) is 9.77. The maximum absolute atomic E-state index is 14.7. The largest absolute Gasteiger partial charge is 0.355 e. The van der Waals surface area contributed by atoms with Gasteiger partial charge in [0.25, 0.3) is 0 Å². The number of carbonyl (C=O) groups excluding carboxylic acids is 1. The fourth-order valence-electron chi connectivity index (χ4n) is 6.36. The summed E-state index contributed by atoms with van der Waals surface area (Å²) in [5.74, 6) is 1.28. The van der Waals surface area contributed by atoms with E-state index in [4.69, 9.17) is 15.7 Å². The fourth-order valence-corrected chi connectivity index (χ4v) is 6.36. The SMILES string of the molecule is NC[C@]1(c2ccccc2F)[C@@H]2CCN(c3cnc4c(-c5ccc6c(c5)CC(=O)N6)n[nH]c4n3)C[C@@H]21. The Morgan fingerprint density at radius 3 is 2.94 bits per heavy atom. The standard InChI is InChI=1S/C26H24FN7O/c27-19-4-2-1-3-17(19)26(13-28)16-7-8-34(12-18(16)26)21-11-29-24-23(32-33-25(24)31-21)14-5-6-20-15(9-14)10-22(35)30-20/h1-6,9,11,16,18H,7-8,10,12-13,28H2,(H,30,35)(H,31,32,33)/t16-,18+,26-/m1/s1. The van der Waals surface area contributed by atoms with Crippen LogP contribution < -0.4 is 16.0 Å². The lowest BCUT2D eigenvalue weighted by atomic mass is 9.91. The average Bonchev–Trinajstić information content (AvgIpc) is 3.12. The van der Waals surface area contributed by atoms with Crippen LogP contribution in [0.25, 0.3) is 22.4 Å². The zero-order valence-corrected chi connectivity index (χ0v) is 19.0. The number of benzene rings is 2. The second-order valence-electron chi connectivity index (χ2n) is 9.77. The minimum absolute atomic E-state index is 0.00144. The number of aromatic amines is 1. The van der Waals surface area contributed by atoms with Crippen molar-refractivity contribution in [2.75, 3.05) is 29.9 Å². The third-order valence-corrected chi connectivity index (χ3v) is 8.13. The molecule has 2 fully saturated rings. The van der Waals surface area contributed by atoms with Gasteiger partial charge in [-0.2, -0.15) is 5.10 Å². The van der Waals surface area contributed by atoms with Crippen molar-refractivity contribution >= 4 is 28.6 Å². The first-order chi connectivity index (χ1) is 17.1. The molecule has 1 saturated heterocycles. The number of piperidine rings is 1. The molecular weight excluding hydrogens is 445 g/mol. The molecular formula is C26H24FN7O. The van der Waals surface area contributed by atoms with E-state index in [1.54, 1.807) is 12.3 Å². The molecule has 8 nitrogen and oxygen atoms in total. The number of nitrogens with one attached hydrogen (secondary N) is 2. The van der Waals surface area contributed by atoms with Gasteiger partial charge in [-0.05, 0) is 47.6 Å². The zero-order chi connectivity index (χ0) is 23.7. The maximum Gasteiger partial charge on any atom is 0.228 e. The lowest BCUT2D eigenvalue weighted by Gasteiger charge is -2.26. The summed E-state index contributed by atoms with van der Waals surface area (Å²) in [5.41, 5.74) is 11.4. The summed E-state index contributed by atoms with van der Waals surface area (Å²) in [6.07, 6.45) is 3.09. The number of carbonyl (C=O) groups is 1. The predicted molar refractivity (Wildman–Crippen MR) is 130 cm³/mol. The minimum atomic E-state index is -0.303. The van der Waals surface area contributed by atoms with E-state index >= 15 is 0 Å². The normalized spacial score (nSPS) is 24.9. The first kappa shape index (κ1) is 20.5. The van der Waals surface area contributed by atoms with Gasteiger partial charge in [0.1, 0.15) is 22.8 Å². The summed E-state index contributed by atoms with van der Waals surface area (Å²) >= 11 is 0. The number of hydrogen-bond acceptors (Lipinski definition) is 6. The average molecular weight is 470 g/mol. The number of H-pyrrole nitrogens is 1. The Labute approximate surface area is 200 Å². The number of nitrogens with two attached hydrogens (primary N) is 1. The van der Waals surface area contributed by atoms with Crippen LogP contribution in [0.1, 0.15) is 17.5 Å². The van der Waals surface area contributed by atoms with Crippen LogP contribution in [0.2, 0.25) is 0 Å². The van der Waals surface area contributed by atoms with Gasteiger partial charge in [0.2, 0.25) is 5.91 Å². The van der Waals surface area contributed by atoms with Crippen molar-refractivity contribution in [1.29, 1.82) is 0 Å². The van der Waals surface area contributed by atoms with Crippen LogP contribution in [0.4, 0.5) is 15.9 Å². The van der Waals surface area contributed by atoms with Gasteiger partial charge in [-0.25, -0.2) is 14.4 Å². The van der Waals surface area contributed by atoms with Crippen LogP contribution in [-0.2, 0) is 16.6 Å². The minimum Gasteiger partial charge on any atom is -0.355 e. The molecule has 9 heteroatoms. The highest BCUT2D eigenvalue weighted by Gasteiger charge is 2.66. The van der Waals surface area contributed by atoms with Gasteiger partial charge in [0.05, 0.1) is 12.6 Å². The summed E-state index contributed by atoms with van der Waals surface area (Å²) in [6.45, 7) is 2.03. The topological polar surface area (TPSA) is 113 Å². The number of anilines is 2. The maximum atomic E-state index is 14.7. The van der Waals surface area contributed by atoms with Gasteiger partial charge in [0.15, 0.2) is 5.65 Å². The van der Waals surface area contributed by atoms with E-state index in [1.807, 2.05) is 30.3 Å². The number of aromatic nitrogens is 4. The fraction of sp³-hybridized carbons (Fsp3) is 0.308. The molecule has 3 atom stereocenters. The van der Waals surface area contributed by atoms with Crippen LogP contribution in [-0.4, -0.2) is 45.7 Å². The highest BCUT2D eigenvalue weighted by Crippen LogP contribution is 2.63. The smallest absolute Gasteiger partial charge is 0.228 e. The van der Waals surface area contributed by atoms with E-state index < -0.39 is 0 Å². The molecule has 2 aromatic heterocycles. The molecule has 7 rings (SSSR count). The molecule has 0 unspecified atom stereocenters. The van der Waals surface area contributed by atoms with E-state index in [0.29, 0.717) is 35.7 Å². The zero-order valence-electron chi connectivity index (χ0n) is 19.0. The molecule has 0 radical (unpaired) electrons. The Morgan fingerprint density at radius 2 is 2.09 bits per heavy atom. The van der Waals surface area contributed by atoms with E-state index in [-0.39, 0.29) is 23.1 Å². The van der Waals surface area contributed by atoms with Crippen molar-refractivity contribution in [3.63, 3.8) is 0 Å². The number of fused-ring (bicyclic) bond motifs is 3. The third-order valence-electron chi connectivity index (χ3n) is 8.13. The Bertz CT molecular complexity index is 1500.